The van der Waals surface area contributed by atoms with Crippen molar-refractivity contribution in [2.75, 3.05) is 6.54 Å². The molecule has 9 heteroatoms. The van der Waals surface area contributed by atoms with Crippen LogP contribution in [0.25, 0.3) is 0 Å². The molecular formula is C35H41N3O6. The van der Waals surface area contributed by atoms with E-state index in [4.69, 9.17) is 9.47 Å². The number of nitrogens with one attached hydrogen (secondary N) is 2. The molecule has 0 aliphatic carbocycles. The molecule has 0 aliphatic rings. The fourth-order valence-corrected chi connectivity index (χ4v) is 4.32. The van der Waals surface area contributed by atoms with Crippen molar-refractivity contribution in [2.24, 2.45) is 5.10 Å². The second-order valence-corrected chi connectivity index (χ2v) is 10.4. The van der Waals surface area contributed by atoms with Crippen molar-refractivity contribution < 1.29 is 28.7 Å². The van der Waals surface area contributed by atoms with Gasteiger partial charge >= 0.3 is 11.9 Å². The number of nitrogens with zero attached hydrogens (tertiary/aromatic N) is 1. The first-order valence-electron chi connectivity index (χ1n) is 15.2. The van der Waals surface area contributed by atoms with Crippen molar-refractivity contribution in [2.45, 2.75) is 71.1 Å². The van der Waals surface area contributed by atoms with E-state index < -0.39 is 17.8 Å². The highest BCUT2D eigenvalue weighted by Gasteiger charge is 2.15. The molecule has 0 aromatic heterocycles. The van der Waals surface area contributed by atoms with Gasteiger partial charge in [-0.3, -0.25) is 9.59 Å². The van der Waals surface area contributed by atoms with Gasteiger partial charge in [-0.15, -0.1) is 0 Å². The molecule has 232 valence electrons. The van der Waals surface area contributed by atoms with E-state index in [0.29, 0.717) is 23.1 Å². The van der Waals surface area contributed by atoms with Gasteiger partial charge in [0.15, 0.2) is 0 Å². The molecule has 0 spiro atoms. The number of hydrogen-bond acceptors (Lipinski definition) is 7. The van der Waals surface area contributed by atoms with Gasteiger partial charge in [0, 0.05) is 18.1 Å². The Labute approximate surface area is 259 Å². The van der Waals surface area contributed by atoms with E-state index in [2.05, 4.69) is 22.8 Å². The fraction of sp³-hybridized carbons (Fsp3) is 0.343. The SMILES string of the molecule is CCCCCCCCCCCC(=O)NCC(=O)NN=Cc1ccc(OC(=O)c2ccccc2)cc1OC(=O)c1ccccc1. The van der Waals surface area contributed by atoms with E-state index in [1.165, 1.54) is 56.9 Å². The Kier molecular flexibility index (Phi) is 14.9. The molecule has 0 fully saturated rings. The first-order chi connectivity index (χ1) is 21.5. The number of benzene rings is 3. The van der Waals surface area contributed by atoms with Gasteiger partial charge in [-0.25, -0.2) is 15.0 Å². The van der Waals surface area contributed by atoms with Crippen molar-refractivity contribution >= 4 is 30.0 Å². The van der Waals surface area contributed by atoms with Crippen LogP contribution in [0.5, 0.6) is 11.5 Å². The van der Waals surface area contributed by atoms with Crippen LogP contribution < -0.4 is 20.2 Å². The zero-order valence-corrected chi connectivity index (χ0v) is 25.3. The number of hydrogen-bond donors (Lipinski definition) is 2. The van der Waals surface area contributed by atoms with Crippen LogP contribution in [-0.4, -0.2) is 36.5 Å². The van der Waals surface area contributed by atoms with Gasteiger partial charge in [-0.05, 0) is 42.8 Å². The molecule has 0 radical (unpaired) electrons. The summed E-state index contributed by atoms with van der Waals surface area (Å²) >= 11 is 0. The summed E-state index contributed by atoms with van der Waals surface area (Å²) < 4.78 is 11.0. The van der Waals surface area contributed by atoms with Crippen LogP contribution in [-0.2, 0) is 9.59 Å². The van der Waals surface area contributed by atoms with Crippen molar-refractivity contribution in [3.05, 3.63) is 95.6 Å². The van der Waals surface area contributed by atoms with Gasteiger partial charge < -0.3 is 14.8 Å². The summed E-state index contributed by atoms with van der Waals surface area (Å²) in [4.78, 5) is 49.6. The van der Waals surface area contributed by atoms with Crippen molar-refractivity contribution in [3.8, 4) is 11.5 Å². The lowest BCUT2D eigenvalue weighted by Gasteiger charge is -2.10. The first kappa shape index (κ1) is 33.7. The van der Waals surface area contributed by atoms with E-state index in [1.54, 1.807) is 66.7 Å². The minimum atomic E-state index is -0.620. The van der Waals surface area contributed by atoms with Crippen molar-refractivity contribution in [3.63, 3.8) is 0 Å². The largest absolute Gasteiger partial charge is 0.423 e. The smallest absolute Gasteiger partial charge is 0.343 e. The zero-order chi connectivity index (χ0) is 31.4. The van der Waals surface area contributed by atoms with Gasteiger partial charge in [0.25, 0.3) is 5.91 Å². The Morgan fingerprint density at radius 3 is 1.86 bits per heavy atom. The van der Waals surface area contributed by atoms with E-state index in [-0.39, 0.29) is 24.0 Å². The van der Waals surface area contributed by atoms with Gasteiger partial charge in [0.1, 0.15) is 11.5 Å². The van der Waals surface area contributed by atoms with Crippen LogP contribution >= 0.6 is 0 Å². The van der Waals surface area contributed by atoms with Crippen LogP contribution in [0.1, 0.15) is 97.4 Å². The van der Waals surface area contributed by atoms with E-state index in [0.717, 1.165) is 19.3 Å². The van der Waals surface area contributed by atoms with Crippen LogP contribution in [0.4, 0.5) is 0 Å². The average Bonchev–Trinajstić information content (AvgIpc) is 3.04. The molecule has 3 aromatic rings. The Hall–Kier alpha value is -4.79. The van der Waals surface area contributed by atoms with E-state index in [1.807, 2.05) is 0 Å². The standard InChI is InChI=1S/C35H41N3O6/c1-2-3-4-5-6-7-8-9-16-21-32(39)36-26-33(40)38-37-25-29-22-23-30(43-34(41)27-17-12-10-13-18-27)24-31(29)44-35(42)28-19-14-11-15-20-28/h10-15,17-20,22-25H,2-9,16,21,26H2,1H3,(H,36,39)(H,38,40). The zero-order valence-electron chi connectivity index (χ0n) is 25.3. The number of rotatable bonds is 18. The number of amides is 2. The first-order valence-corrected chi connectivity index (χ1v) is 15.2. The molecule has 3 aromatic carbocycles. The molecule has 0 unspecified atom stereocenters. The molecule has 0 heterocycles. The quantitative estimate of drug-likeness (QED) is 0.0558. The Bertz CT molecular complexity index is 1380. The summed E-state index contributed by atoms with van der Waals surface area (Å²) in [7, 11) is 0. The number of hydrazone groups is 1. The minimum Gasteiger partial charge on any atom is -0.423 e. The maximum absolute atomic E-state index is 12.7. The maximum atomic E-state index is 12.7. The molecule has 44 heavy (non-hydrogen) atoms. The lowest BCUT2D eigenvalue weighted by atomic mass is 10.1. The molecule has 0 aliphatic heterocycles. The molecule has 3 rings (SSSR count). The molecule has 0 saturated heterocycles. The third-order valence-corrected chi connectivity index (χ3v) is 6.76. The van der Waals surface area contributed by atoms with Crippen LogP contribution in [0.2, 0.25) is 0 Å². The lowest BCUT2D eigenvalue weighted by Crippen LogP contribution is -2.34. The summed E-state index contributed by atoms with van der Waals surface area (Å²) in [5.74, 6) is -1.64. The van der Waals surface area contributed by atoms with Gasteiger partial charge in [0.2, 0.25) is 5.91 Å². The second kappa shape index (κ2) is 19.4. The topological polar surface area (TPSA) is 123 Å². The predicted molar refractivity (Wildman–Crippen MR) is 170 cm³/mol. The molecule has 0 bridgehead atoms. The Morgan fingerprint density at radius 2 is 1.25 bits per heavy atom. The Morgan fingerprint density at radius 1 is 0.682 bits per heavy atom. The van der Waals surface area contributed by atoms with Crippen molar-refractivity contribution in [1.29, 1.82) is 0 Å². The fourth-order valence-electron chi connectivity index (χ4n) is 4.32. The predicted octanol–water partition coefficient (Wildman–Crippen LogP) is 6.61. The van der Waals surface area contributed by atoms with E-state index >= 15 is 0 Å². The third-order valence-electron chi connectivity index (χ3n) is 6.76. The minimum absolute atomic E-state index is 0.0736. The molecule has 0 atom stereocenters. The van der Waals surface area contributed by atoms with Crippen LogP contribution in [0, 0.1) is 0 Å². The van der Waals surface area contributed by atoms with Crippen LogP contribution in [0.3, 0.4) is 0 Å². The summed E-state index contributed by atoms with van der Waals surface area (Å²) in [5.41, 5.74) is 3.40. The lowest BCUT2D eigenvalue weighted by molar-refractivity contribution is -0.126. The molecule has 2 N–H and O–H groups in total. The second-order valence-electron chi connectivity index (χ2n) is 10.4. The van der Waals surface area contributed by atoms with Gasteiger partial charge in [-0.1, -0.05) is 94.7 Å². The van der Waals surface area contributed by atoms with Gasteiger partial charge in [-0.2, -0.15) is 5.10 Å². The number of unbranched alkanes of at least 4 members (excludes halogenated alkanes) is 8. The number of carbonyl (C=O) groups excluding carboxylic acids is 4. The highest BCUT2D eigenvalue weighted by Crippen LogP contribution is 2.26. The maximum Gasteiger partial charge on any atom is 0.343 e. The monoisotopic (exact) mass is 599 g/mol. The normalized spacial score (nSPS) is 10.8. The van der Waals surface area contributed by atoms with E-state index in [9.17, 15) is 19.2 Å². The molecule has 9 nitrogen and oxygen atoms in total. The van der Waals surface area contributed by atoms with Crippen molar-refractivity contribution in [1.82, 2.24) is 10.7 Å². The molecule has 0 saturated carbocycles. The van der Waals surface area contributed by atoms with Crippen LogP contribution in [0.15, 0.2) is 84.0 Å². The number of carbonyl (C=O) groups is 4. The van der Waals surface area contributed by atoms with Gasteiger partial charge in [0.05, 0.1) is 23.9 Å². The summed E-state index contributed by atoms with van der Waals surface area (Å²) in [5, 5.41) is 6.55. The Balaban J connectivity index is 1.50. The highest BCUT2D eigenvalue weighted by molar-refractivity contribution is 5.94. The number of ether oxygens (including phenoxy) is 2. The summed E-state index contributed by atoms with van der Waals surface area (Å²) in [6, 6.07) is 21.4. The molecule has 2 amide bonds. The number of esters is 2. The summed E-state index contributed by atoms with van der Waals surface area (Å²) in [6.45, 7) is 2.00. The highest BCUT2D eigenvalue weighted by atomic mass is 16.5. The third kappa shape index (κ3) is 12.6. The summed E-state index contributed by atoms with van der Waals surface area (Å²) in [6.07, 6.45) is 12.2. The average molecular weight is 600 g/mol. The molecular weight excluding hydrogens is 558 g/mol.